The van der Waals surface area contributed by atoms with Gasteiger partial charge >= 0.3 is 0 Å². The average molecular weight is 266 g/mol. The quantitative estimate of drug-likeness (QED) is 0.579. The third-order valence-corrected chi connectivity index (χ3v) is 3.53. The summed E-state index contributed by atoms with van der Waals surface area (Å²) in [4.78, 5) is 13.9. The van der Waals surface area contributed by atoms with Crippen LogP contribution in [-0.4, -0.2) is 16.5 Å². The molecule has 4 heteroatoms. The number of nitrogens with zero attached hydrogens (tertiary/aromatic N) is 1. The molecule has 0 unspecified atom stereocenters. The summed E-state index contributed by atoms with van der Waals surface area (Å²) < 4.78 is 0. The number of aromatic amines is 1. The van der Waals surface area contributed by atoms with Gasteiger partial charge in [-0.05, 0) is 17.2 Å². The Kier molecular flexibility index (Phi) is 3.21. The van der Waals surface area contributed by atoms with E-state index in [0.29, 0.717) is 0 Å². The van der Waals surface area contributed by atoms with E-state index >= 15 is 0 Å². The summed E-state index contributed by atoms with van der Waals surface area (Å²) in [5, 5.41) is 12.1. The van der Waals surface area contributed by atoms with Crippen molar-refractivity contribution in [3.63, 3.8) is 0 Å². The summed E-state index contributed by atoms with van der Waals surface area (Å²) in [6.45, 7) is -0.105. The summed E-state index contributed by atoms with van der Waals surface area (Å²) >= 11 is 0. The standard InChI is InChI=1S/C16H14N2O2/c19-18(20)11-15(12-6-2-1-3-7-12)14-10-17-16-9-5-4-8-13(14)16/h1-10,15,17H,11H2/t15-/m0/s1. The van der Waals surface area contributed by atoms with E-state index in [2.05, 4.69) is 4.98 Å². The Morgan fingerprint density at radius 2 is 1.75 bits per heavy atom. The molecule has 0 spiro atoms. The second-order valence-corrected chi connectivity index (χ2v) is 4.77. The highest BCUT2D eigenvalue weighted by Crippen LogP contribution is 2.30. The fourth-order valence-corrected chi connectivity index (χ4v) is 2.60. The molecule has 1 N–H and O–H groups in total. The van der Waals surface area contributed by atoms with Crippen molar-refractivity contribution in [2.24, 2.45) is 0 Å². The van der Waals surface area contributed by atoms with E-state index in [-0.39, 0.29) is 17.4 Å². The second-order valence-electron chi connectivity index (χ2n) is 4.77. The minimum atomic E-state index is -0.251. The third-order valence-electron chi connectivity index (χ3n) is 3.53. The zero-order valence-electron chi connectivity index (χ0n) is 10.8. The molecule has 4 nitrogen and oxygen atoms in total. The monoisotopic (exact) mass is 266 g/mol. The van der Waals surface area contributed by atoms with Gasteiger partial charge in [-0.3, -0.25) is 10.1 Å². The highest BCUT2D eigenvalue weighted by Gasteiger charge is 2.22. The van der Waals surface area contributed by atoms with E-state index in [1.54, 1.807) is 0 Å². The summed E-state index contributed by atoms with van der Waals surface area (Å²) in [7, 11) is 0. The zero-order valence-corrected chi connectivity index (χ0v) is 10.8. The molecule has 0 saturated heterocycles. The first-order valence-electron chi connectivity index (χ1n) is 6.48. The lowest BCUT2D eigenvalue weighted by atomic mass is 9.91. The molecule has 1 heterocycles. The number of H-pyrrole nitrogens is 1. The van der Waals surface area contributed by atoms with Gasteiger partial charge in [-0.2, -0.15) is 0 Å². The molecule has 0 bridgehead atoms. The van der Waals surface area contributed by atoms with Crippen LogP contribution >= 0.6 is 0 Å². The van der Waals surface area contributed by atoms with Gasteiger partial charge in [0, 0.05) is 22.0 Å². The number of aromatic nitrogens is 1. The van der Waals surface area contributed by atoms with Gasteiger partial charge in [0.1, 0.15) is 0 Å². The summed E-state index contributed by atoms with van der Waals surface area (Å²) in [5.74, 6) is -0.234. The predicted molar refractivity (Wildman–Crippen MR) is 78.4 cm³/mol. The van der Waals surface area contributed by atoms with Gasteiger partial charge in [0.25, 0.3) is 0 Å². The molecule has 1 atom stereocenters. The third kappa shape index (κ3) is 2.28. The average Bonchev–Trinajstić information content (AvgIpc) is 2.89. The molecule has 1 aromatic heterocycles. The van der Waals surface area contributed by atoms with Crippen LogP contribution in [-0.2, 0) is 0 Å². The highest BCUT2D eigenvalue weighted by atomic mass is 16.6. The van der Waals surface area contributed by atoms with Crippen molar-refractivity contribution in [3.8, 4) is 0 Å². The minimum absolute atomic E-state index is 0.105. The van der Waals surface area contributed by atoms with E-state index in [0.717, 1.165) is 22.0 Å². The Balaban J connectivity index is 2.12. The second kappa shape index (κ2) is 5.17. The van der Waals surface area contributed by atoms with Crippen molar-refractivity contribution in [3.05, 3.63) is 82.0 Å². The van der Waals surface area contributed by atoms with Crippen LogP contribution in [0.4, 0.5) is 0 Å². The molecular weight excluding hydrogens is 252 g/mol. The highest BCUT2D eigenvalue weighted by molar-refractivity contribution is 5.84. The van der Waals surface area contributed by atoms with E-state index in [4.69, 9.17) is 0 Å². The van der Waals surface area contributed by atoms with Crippen LogP contribution in [0.2, 0.25) is 0 Å². The summed E-state index contributed by atoms with van der Waals surface area (Å²) in [6, 6.07) is 17.5. The normalized spacial score (nSPS) is 12.4. The van der Waals surface area contributed by atoms with Crippen molar-refractivity contribution in [1.82, 2.24) is 4.98 Å². The van der Waals surface area contributed by atoms with Crippen LogP contribution in [0.25, 0.3) is 10.9 Å². The number of hydrogen-bond acceptors (Lipinski definition) is 2. The van der Waals surface area contributed by atoms with Crippen LogP contribution in [0.3, 0.4) is 0 Å². The maximum Gasteiger partial charge on any atom is 0.214 e. The van der Waals surface area contributed by atoms with Crippen molar-refractivity contribution in [2.45, 2.75) is 5.92 Å². The van der Waals surface area contributed by atoms with Gasteiger partial charge in [0.05, 0.1) is 5.92 Å². The molecule has 3 aromatic rings. The van der Waals surface area contributed by atoms with E-state index < -0.39 is 0 Å². The summed E-state index contributed by atoms with van der Waals surface area (Å²) in [6.07, 6.45) is 1.88. The zero-order chi connectivity index (χ0) is 13.9. The molecule has 2 aromatic carbocycles. The van der Waals surface area contributed by atoms with Crippen LogP contribution in [0.5, 0.6) is 0 Å². The molecule has 0 saturated carbocycles. The van der Waals surface area contributed by atoms with Crippen LogP contribution in [0.15, 0.2) is 60.8 Å². The topological polar surface area (TPSA) is 58.9 Å². The van der Waals surface area contributed by atoms with E-state index in [1.165, 1.54) is 0 Å². The lowest BCUT2D eigenvalue weighted by molar-refractivity contribution is -0.481. The van der Waals surface area contributed by atoms with Gasteiger partial charge in [0.15, 0.2) is 0 Å². The predicted octanol–water partition coefficient (Wildman–Crippen LogP) is 3.58. The van der Waals surface area contributed by atoms with E-state index in [9.17, 15) is 10.1 Å². The lowest BCUT2D eigenvalue weighted by Gasteiger charge is -2.12. The molecular formula is C16H14N2O2. The first-order valence-corrected chi connectivity index (χ1v) is 6.48. The Bertz CT molecular complexity index is 734. The Labute approximate surface area is 116 Å². The lowest BCUT2D eigenvalue weighted by Crippen LogP contribution is -2.13. The number of rotatable bonds is 4. The number of benzene rings is 2. The molecule has 0 aliphatic rings. The van der Waals surface area contributed by atoms with E-state index in [1.807, 2.05) is 60.8 Å². The number of para-hydroxylation sites is 1. The summed E-state index contributed by atoms with van der Waals surface area (Å²) in [5.41, 5.74) is 2.95. The number of fused-ring (bicyclic) bond motifs is 1. The maximum absolute atomic E-state index is 11.0. The van der Waals surface area contributed by atoms with Crippen molar-refractivity contribution < 1.29 is 4.92 Å². The number of nitro groups is 1. The first kappa shape index (κ1) is 12.4. The molecule has 0 amide bonds. The molecule has 0 aliphatic carbocycles. The minimum Gasteiger partial charge on any atom is -0.361 e. The Morgan fingerprint density at radius 3 is 2.50 bits per heavy atom. The van der Waals surface area contributed by atoms with Crippen LogP contribution in [0, 0.1) is 10.1 Å². The van der Waals surface area contributed by atoms with Gasteiger partial charge in [-0.15, -0.1) is 0 Å². The first-order chi connectivity index (χ1) is 9.75. The molecule has 0 radical (unpaired) electrons. The maximum atomic E-state index is 11.0. The fourth-order valence-electron chi connectivity index (χ4n) is 2.60. The van der Waals surface area contributed by atoms with Gasteiger partial charge in [-0.1, -0.05) is 48.5 Å². The van der Waals surface area contributed by atoms with Crippen molar-refractivity contribution in [1.29, 1.82) is 0 Å². The Morgan fingerprint density at radius 1 is 1.05 bits per heavy atom. The van der Waals surface area contributed by atoms with Gasteiger partial charge in [0.2, 0.25) is 6.54 Å². The number of nitrogens with one attached hydrogen (secondary N) is 1. The molecule has 3 rings (SSSR count). The van der Waals surface area contributed by atoms with Crippen molar-refractivity contribution >= 4 is 10.9 Å². The molecule has 0 fully saturated rings. The SMILES string of the molecule is O=[N+]([O-])C[C@@H](c1ccccc1)c1c[nH]c2ccccc12. The van der Waals surface area contributed by atoms with Crippen LogP contribution < -0.4 is 0 Å². The smallest absolute Gasteiger partial charge is 0.214 e. The van der Waals surface area contributed by atoms with Crippen LogP contribution in [0.1, 0.15) is 17.0 Å². The Hall–Kier alpha value is -2.62. The van der Waals surface area contributed by atoms with Gasteiger partial charge in [-0.25, -0.2) is 0 Å². The molecule has 100 valence electrons. The molecule has 0 aliphatic heterocycles. The molecule has 20 heavy (non-hydrogen) atoms. The number of hydrogen-bond donors (Lipinski definition) is 1. The fraction of sp³-hybridized carbons (Fsp3) is 0.125. The largest absolute Gasteiger partial charge is 0.361 e. The van der Waals surface area contributed by atoms with Gasteiger partial charge < -0.3 is 4.98 Å². The van der Waals surface area contributed by atoms with Crippen molar-refractivity contribution in [2.75, 3.05) is 6.54 Å².